The highest BCUT2D eigenvalue weighted by Gasteiger charge is 2.15. The molecule has 4 rings (SSSR count). The molecule has 0 radical (unpaired) electrons. The van der Waals surface area contributed by atoms with Crippen LogP contribution in [0.2, 0.25) is 0 Å². The summed E-state index contributed by atoms with van der Waals surface area (Å²) in [6.45, 7) is 7.81. The van der Waals surface area contributed by atoms with Crippen LogP contribution in [0.5, 0.6) is 0 Å². The minimum atomic E-state index is 0.965. The van der Waals surface area contributed by atoms with Gasteiger partial charge < -0.3 is 15.1 Å². The van der Waals surface area contributed by atoms with E-state index < -0.39 is 0 Å². The monoisotopic (exact) mass is 300 g/mol. The van der Waals surface area contributed by atoms with E-state index in [1.807, 2.05) is 0 Å². The Hall–Kier alpha value is -1.66. The molecule has 1 N–H and O–H groups in total. The van der Waals surface area contributed by atoms with E-state index in [1.54, 1.807) is 0 Å². The molecule has 2 aliphatic rings. The van der Waals surface area contributed by atoms with Gasteiger partial charge in [0.15, 0.2) is 5.65 Å². The molecule has 6 heteroatoms. The molecule has 0 amide bonds. The SMILES string of the molecule is c1cn2c(CCN3CCCC3)nnc2cc1N1CCNCC1. The Morgan fingerprint density at radius 1 is 1.05 bits per heavy atom. The van der Waals surface area contributed by atoms with Gasteiger partial charge in [0, 0.05) is 57.1 Å². The van der Waals surface area contributed by atoms with Crippen LogP contribution in [0.25, 0.3) is 5.65 Å². The molecule has 0 unspecified atom stereocenters. The van der Waals surface area contributed by atoms with Gasteiger partial charge >= 0.3 is 0 Å². The summed E-state index contributed by atoms with van der Waals surface area (Å²) in [6, 6.07) is 4.36. The van der Waals surface area contributed by atoms with Gasteiger partial charge in [-0.2, -0.15) is 0 Å². The Bertz CT molecular complexity index is 625. The summed E-state index contributed by atoms with van der Waals surface area (Å²) in [7, 11) is 0. The van der Waals surface area contributed by atoms with E-state index in [4.69, 9.17) is 0 Å². The zero-order valence-electron chi connectivity index (χ0n) is 13.0. The number of anilines is 1. The predicted molar refractivity (Wildman–Crippen MR) is 87.4 cm³/mol. The maximum Gasteiger partial charge on any atom is 0.162 e. The number of nitrogens with zero attached hydrogens (tertiary/aromatic N) is 5. The van der Waals surface area contributed by atoms with Crippen molar-refractivity contribution in [3.63, 3.8) is 0 Å². The van der Waals surface area contributed by atoms with E-state index >= 15 is 0 Å². The largest absolute Gasteiger partial charge is 0.369 e. The minimum absolute atomic E-state index is 0.965. The van der Waals surface area contributed by atoms with E-state index in [9.17, 15) is 0 Å². The second kappa shape index (κ2) is 6.22. The average Bonchev–Trinajstić information content (AvgIpc) is 3.23. The van der Waals surface area contributed by atoms with Gasteiger partial charge in [0.25, 0.3) is 0 Å². The van der Waals surface area contributed by atoms with Crippen LogP contribution in [0.1, 0.15) is 18.7 Å². The Kier molecular flexibility index (Phi) is 3.95. The first-order valence-corrected chi connectivity index (χ1v) is 8.42. The van der Waals surface area contributed by atoms with Crippen molar-refractivity contribution >= 4 is 11.3 Å². The first-order chi connectivity index (χ1) is 10.9. The van der Waals surface area contributed by atoms with Crippen LogP contribution in [0.15, 0.2) is 18.3 Å². The normalized spacial score (nSPS) is 20.1. The molecule has 0 aromatic carbocycles. The molecule has 118 valence electrons. The van der Waals surface area contributed by atoms with Crippen molar-refractivity contribution in [2.45, 2.75) is 19.3 Å². The summed E-state index contributed by atoms with van der Waals surface area (Å²) >= 11 is 0. The molecule has 0 atom stereocenters. The molecule has 4 heterocycles. The van der Waals surface area contributed by atoms with Crippen molar-refractivity contribution in [1.82, 2.24) is 24.8 Å². The number of aromatic nitrogens is 3. The third-order valence-corrected chi connectivity index (χ3v) is 4.80. The van der Waals surface area contributed by atoms with Crippen LogP contribution in [0, 0.1) is 0 Å². The first-order valence-electron chi connectivity index (χ1n) is 8.42. The molecule has 0 bridgehead atoms. The summed E-state index contributed by atoms with van der Waals surface area (Å²) in [5.74, 6) is 1.08. The number of piperazine rings is 1. The van der Waals surface area contributed by atoms with Crippen LogP contribution in [-0.2, 0) is 6.42 Å². The summed E-state index contributed by atoms with van der Waals surface area (Å²) < 4.78 is 2.14. The standard InChI is InChI=1S/C16H24N6/c1-2-8-20(7-1)9-4-15-18-19-16-13-14(3-10-22(15)16)21-11-5-17-6-12-21/h3,10,13,17H,1-2,4-9,11-12H2. The Balaban J connectivity index is 1.49. The Labute approximate surface area is 131 Å². The van der Waals surface area contributed by atoms with Crippen molar-refractivity contribution in [1.29, 1.82) is 0 Å². The molecule has 2 aliphatic heterocycles. The topological polar surface area (TPSA) is 48.7 Å². The van der Waals surface area contributed by atoms with Gasteiger partial charge in [-0.3, -0.25) is 4.40 Å². The number of pyridine rings is 1. The Morgan fingerprint density at radius 3 is 2.68 bits per heavy atom. The van der Waals surface area contributed by atoms with Crippen LogP contribution in [0.3, 0.4) is 0 Å². The fourth-order valence-corrected chi connectivity index (χ4v) is 3.48. The third-order valence-electron chi connectivity index (χ3n) is 4.80. The molecular formula is C16H24N6. The van der Waals surface area contributed by atoms with Gasteiger partial charge in [0.1, 0.15) is 5.82 Å². The molecule has 0 spiro atoms. The highest BCUT2D eigenvalue weighted by Crippen LogP contribution is 2.18. The highest BCUT2D eigenvalue weighted by molar-refractivity contribution is 5.56. The van der Waals surface area contributed by atoms with E-state index in [0.29, 0.717) is 0 Å². The van der Waals surface area contributed by atoms with E-state index in [1.165, 1.54) is 31.6 Å². The zero-order chi connectivity index (χ0) is 14.8. The van der Waals surface area contributed by atoms with Crippen molar-refractivity contribution < 1.29 is 0 Å². The lowest BCUT2D eigenvalue weighted by Crippen LogP contribution is -2.43. The van der Waals surface area contributed by atoms with Crippen molar-refractivity contribution in [3.8, 4) is 0 Å². The Morgan fingerprint density at radius 2 is 1.86 bits per heavy atom. The van der Waals surface area contributed by atoms with E-state index in [0.717, 1.165) is 50.6 Å². The molecule has 2 aromatic heterocycles. The molecule has 2 aromatic rings. The zero-order valence-corrected chi connectivity index (χ0v) is 13.0. The lowest BCUT2D eigenvalue weighted by Gasteiger charge is -2.29. The van der Waals surface area contributed by atoms with Crippen LogP contribution in [-0.4, -0.2) is 65.3 Å². The minimum Gasteiger partial charge on any atom is -0.369 e. The fourth-order valence-electron chi connectivity index (χ4n) is 3.48. The van der Waals surface area contributed by atoms with Crippen LogP contribution >= 0.6 is 0 Å². The van der Waals surface area contributed by atoms with Gasteiger partial charge in [-0.05, 0) is 32.0 Å². The number of rotatable bonds is 4. The van der Waals surface area contributed by atoms with Gasteiger partial charge in [-0.25, -0.2) is 0 Å². The first kappa shape index (κ1) is 14.0. The van der Waals surface area contributed by atoms with Crippen molar-refractivity contribution in [2.75, 3.05) is 50.7 Å². The summed E-state index contributed by atoms with van der Waals surface area (Å²) in [5, 5.41) is 12.2. The summed E-state index contributed by atoms with van der Waals surface area (Å²) in [4.78, 5) is 4.94. The van der Waals surface area contributed by atoms with Crippen LogP contribution < -0.4 is 10.2 Å². The maximum atomic E-state index is 4.40. The smallest absolute Gasteiger partial charge is 0.162 e. The van der Waals surface area contributed by atoms with Crippen molar-refractivity contribution in [2.24, 2.45) is 0 Å². The lowest BCUT2D eigenvalue weighted by atomic mass is 10.3. The second-order valence-electron chi connectivity index (χ2n) is 6.27. The molecular weight excluding hydrogens is 276 g/mol. The average molecular weight is 300 g/mol. The molecule has 22 heavy (non-hydrogen) atoms. The summed E-state index contributed by atoms with van der Waals surface area (Å²) in [5.41, 5.74) is 2.22. The van der Waals surface area contributed by atoms with Crippen molar-refractivity contribution in [3.05, 3.63) is 24.2 Å². The molecule has 0 saturated carbocycles. The third kappa shape index (κ3) is 2.80. The van der Waals surface area contributed by atoms with E-state index in [2.05, 4.69) is 48.0 Å². The van der Waals surface area contributed by atoms with Gasteiger partial charge in [-0.1, -0.05) is 0 Å². The molecule has 2 fully saturated rings. The highest BCUT2D eigenvalue weighted by atomic mass is 15.3. The number of likely N-dealkylation sites (tertiary alicyclic amines) is 1. The summed E-state index contributed by atoms with van der Waals surface area (Å²) in [6.07, 6.45) is 5.80. The fraction of sp³-hybridized carbons (Fsp3) is 0.625. The quantitative estimate of drug-likeness (QED) is 0.904. The molecule has 0 aliphatic carbocycles. The maximum absolute atomic E-state index is 4.40. The number of nitrogens with one attached hydrogen (secondary N) is 1. The number of hydrogen-bond donors (Lipinski definition) is 1. The predicted octanol–water partition coefficient (Wildman–Crippen LogP) is 0.777. The second-order valence-corrected chi connectivity index (χ2v) is 6.27. The lowest BCUT2D eigenvalue weighted by molar-refractivity contribution is 0.340. The van der Waals surface area contributed by atoms with Gasteiger partial charge in [-0.15, -0.1) is 10.2 Å². The number of fused-ring (bicyclic) bond motifs is 1. The van der Waals surface area contributed by atoms with Gasteiger partial charge in [0.2, 0.25) is 0 Å². The van der Waals surface area contributed by atoms with Crippen LogP contribution in [0.4, 0.5) is 5.69 Å². The van der Waals surface area contributed by atoms with Gasteiger partial charge in [0.05, 0.1) is 0 Å². The van der Waals surface area contributed by atoms with E-state index in [-0.39, 0.29) is 0 Å². The molecule has 2 saturated heterocycles. The number of hydrogen-bond acceptors (Lipinski definition) is 5. The molecule has 6 nitrogen and oxygen atoms in total.